The summed E-state index contributed by atoms with van der Waals surface area (Å²) in [7, 11) is 0. The van der Waals surface area contributed by atoms with Crippen molar-refractivity contribution in [2.75, 3.05) is 19.6 Å². The molecule has 0 bridgehead atoms. The van der Waals surface area contributed by atoms with Gasteiger partial charge in [-0.15, -0.1) is 0 Å². The molecule has 7 heteroatoms. The third-order valence-electron chi connectivity index (χ3n) is 5.01. The lowest BCUT2D eigenvalue weighted by molar-refractivity contribution is -0.133. The number of hydrogen-bond acceptors (Lipinski definition) is 5. The first-order valence-corrected chi connectivity index (χ1v) is 9.60. The lowest BCUT2D eigenvalue weighted by Gasteiger charge is -2.28. The molecule has 2 aromatic rings. The molecule has 1 amide bonds. The fraction of sp³-hybridized carbons (Fsp3) is 0.500. The SMILES string of the molecule is CCCN(C(=O)CCc1c(C)nc(-c2cccnc2)[nH]c1=O)C1CCNC1. The van der Waals surface area contributed by atoms with Gasteiger partial charge >= 0.3 is 0 Å². The first-order valence-electron chi connectivity index (χ1n) is 9.60. The summed E-state index contributed by atoms with van der Waals surface area (Å²) in [6.45, 7) is 6.47. The van der Waals surface area contributed by atoms with E-state index in [-0.39, 0.29) is 17.5 Å². The number of aryl methyl sites for hydroxylation is 1. The maximum Gasteiger partial charge on any atom is 0.254 e. The summed E-state index contributed by atoms with van der Waals surface area (Å²) >= 11 is 0. The van der Waals surface area contributed by atoms with Gasteiger partial charge in [0.15, 0.2) is 0 Å². The first kappa shape index (κ1) is 19.2. The Kier molecular flexibility index (Phi) is 6.34. The lowest BCUT2D eigenvalue weighted by atomic mass is 10.1. The fourth-order valence-corrected chi connectivity index (χ4v) is 3.58. The van der Waals surface area contributed by atoms with Crippen molar-refractivity contribution in [2.24, 2.45) is 0 Å². The number of pyridine rings is 1. The standard InChI is InChI=1S/C20H27N5O2/c1-3-11-25(16-8-10-22-13-16)18(26)7-6-17-14(2)23-19(24-20(17)27)15-5-4-9-21-12-15/h4-5,9,12,16,22H,3,6-8,10-11,13H2,1-2H3,(H,23,24,27). The van der Waals surface area contributed by atoms with Crippen LogP contribution in [-0.2, 0) is 11.2 Å². The minimum Gasteiger partial charge on any atom is -0.338 e. The number of amides is 1. The Hall–Kier alpha value is -2.54. The molecule has 3 rings (SSSR count). The van der Waals surface area contributed by atoms with Crippen molar-refractivity contribution in [2.45, 2.75) is 45.6 Å². The van der Waals surface area contributed by atoms with Gasteiger partial charge < -0.3 is 15.2 Å². The van der Waals surface area contributed by atoms with Crippen molar-refractivity contribution in [3.05, 3.63) is 46.1 Å². The number of carbonyl (C=O) groups excluding carboxylic acids is 1. The Morgan fingerprint density at radius 3 is 2.89 bits per heavy atom. The third kappa shape index (κ3) is 4.60. The predicted octanol–water partition coefficient (Wildman–Crippen LogP) is 1.67. The molecule has 0 radical (unpaired) electrons. The van der Waals surface area contributed by atoms with Crippen LogP contribution in [0.5, 0.6) is 0 Å². The highest BCUT2D eigenvalue weighted by molar-refractivity contribution is 5.77. The van der Waals surface area contributed by atoms with E-state index in [2.05, 4.69) is 27.2 Å². The Morgan fingerprint density at radius 1 is 1.41 bits per heavy atom. The van der Waals surface area contributed by atoms with Gasteiger partial charge in [0.25, 0.3) is 5.56 Å². The third-order valence-corrected chi connectivity index (χ3v) is 5.01. The smallest absolute Gasteiger partial charge is 0.254 e. The number of H-pyrrole nitrogens is 1. The number of aromatic amines is 1. The van der Waals surface area contributed by atoms with Gasteiger partial charge in [-0.25, -0.2) is 4.98 Å². The van der Waals surface area contributed by atoms with Crippen LogP contribution >= 0.6 is 0 Å². The summed E-state index contributed by atoms with van der Waals surface area (Å²) in [6.07, 6.45) is 6.00. The zero-order valence-electron chi connectivity index (χ0n) is 16.0. The van der Waals surface area contributed by atoms with Gasteiger partial charge in [-0.3, -0.25) is 14.6 Å². The number of nitrogens with zero attached hydrogens (tertiary/aromatic N) is 3. The zero-order valence-corrected chi connectivity index (χ0v) is 16.0. The Balaban J connectivity index is 1.71. The number of aromatic nitrogens is 3. The lowest BCUT2D eigenvalue weighted by Crippen LogP contribution is -2.42. The molecule has 27 heavy (non-hydrogen) atoms. The summed E-state index contributed by atoms with van der Waals surface area (Å²) in [6, 6.07) is 3.92. The van der Waals surface area contributed by atoms with E-state index in [0.29, 0.717) is 29.9 Å². The molecule has 1 aliphatic rings. The van der Waals surface area contributed by atoms with E-state index in [1.54, 1.807) is 18.5 Å². The second-order valence-electron chi connectivity index (χ2n) is 6.95. The number of rotatable bonds is 7. The van der Waals surface area contributed by atoms with Crippen molar-refractivity contribution < 1.29 is 4.79 Å². The first-order chi connectivity index (χ1) is 13.1. The van der Waals surface area contributed by atoms with Crippen molar-refractivity contribution in [1.29, 1.82) is 0 Å². The highest BCUT2D eigenvalue weighted by Gasteiger charge is 2.25. The van der Waals surface area contributed by atoms with Crippen LogP contribution in [0.15, 0.2) is 29.3 Å². The summed E-state index contributed by atoms with van der Waals surface area (Å²) < 4.78 is 0. The average molecular weight is 369 g/mol. The normalized spacial score (nSPS) is 16.4. The molecular formula is C20H27N5O2. The summed E-state index contributed by atoms with van der Waals surface area (Å²) in [5.41, 5.74) is 1.83. The van der Waals surface area contributed by atoms with E-state index in [0.717, 1.165) is 38.0 Å². The van der Waals surface area contributed by atoms with E-state index >= 15 is 0 Å². The molecule has 0 spiro atoms. The van der Waals surface area contributed by atoms with Crippen LogP contribution in [0.25, 0.3) is 11.4 Å². The van der Waals surface area contributed by atoms with Crippen molar-refractivity contribution in [3.63, 3.8) is 0 Å². The van der Waals surface area contributed by atoms with Crippen molar-refractivity contribution in [3.8, 4) is 11.4 Å². The van der Waals surface area contributed by atoms with Crippen LogP contribution in [-0.4, -0.2) is 51.4 Å². The molecule has 0 saturated carbocycles. The average Bonchev–Trinajstić information content (AvgIpc) is 3.20. The predicted molar refractivity (Wildman–Crippen MR) is 104 cm³/mol. The van der Waals surface area contributed by atoms with Gasteiger partial charge in [0.05, 0.1) is 0 Å². The maximum absolute atomic E-state index is 12.8. The molecule has 1 atom stereocenters. The number of hydrogen-bond donors (Lipinski definition) is 2. The Bertz CT molecular complexity index is 828. The van der Waals surface area contributed by atoms with Crippen LogP contribution in [0.4, 0.5) is 0 Å². The summed E-state index contributed by atoms with van der Waals surface area (Å²) in [5.74, 6) is 0.617. The van der Waals surface area contributed by atoms with Crippen LogP contribution in [0.3, 0.4) is 0 Å². The highest BCUT2D eigenvalue weighted by Crippen LogP contribution is 2.15. The quantitative estimate of drug-likeness (QED) is 0.775. The summed E-state index contributed by atoms with van der Waals surface area (Å²) in [4.78, 5) is 38.7. The van der Waals surface area contributed by atoms with E-state index < -0.39 is 0 Å². The van der Waals surface area contributed by atoms with Gasteiger partial charge in [0.2, 0.25) is 5.91 Å². The van der Waals surface area contributed by atoms with Gasteiger partial charge in [-0.05, 0) is 44.9 Å². The Morgan fingerprint density at radius 2 is 2.26 bits per heavy atom. The second-order valence-corrected chi connectivity index (χ2v) is 6.95. The highest BCUT2D eigenvalue weighted by atomic mass is 16.2. The number of nitrogens with one attached hydrogen (secondary N) is 2. The molecule has 0 aliphatic carbocycles. The van der Waals surface area contributed by atoms with Crippen LogP contribution in [0, 0.1) is 6.92 Å². The Labute approximate surface area is 159 Å². The van der Waals surface area contributed by atoms with Crippen molar-refractivity contribution >= 4 is 5.91 Å². The van der Waals surface area contributed by atoms with Gasteiger partial charge in [-0.1, -0.05) is 6.92 Å². The second kappa shape index (κ2) is 8.90. The van der Waals surface area contributed by atoms with Gasteiger partial charge in [-0.2, -0.15) is 0 Å². The molecule has 1 unspecified atom stereocenters. The molecule has 1 aliphatic heterocycles. The van der Waals surface area contributed by atoms with E-state index in [4.69, 9.17) is 0 Å². The largest absolute Gasteiger partial charge is 0.338 e. The van der Waals surface area contributed by atoms with Crippen LogP contribution in [0.1, 0.15) is 37.4 Å². The molecule has 7 nitrogen and oxygen atoms in total. The minimum atomic E-state index is -0.182. The molecule has 2 N–H and O–H groups in total. The molecular weight excluding hydrogens is 342 g/mol. The molecule has 3 heterocycles. The molecule has 1 fully saturated rings. The molecule has 2 aromatic heterocycles. The molecule has 0 aromatic carbocycles. The van der Waals surface area contributed by atoms with Crippen LogP contribution < -0.4 is 10.9 Å². The van der Waals surface area contributed by atoms with Gasteiger partial charge in [0, 0.05) is 54.8 Å². The van der Waals surface area contributed by atoms with Crippen LogP contribution in [0.2, 0.25) is 0 Å². The number of carbonyl (C=O) groups is 1. The molecule has 144 valence electrons. The minimum absolute atomic E-state index is 0.112. The van der Waals surface area contributed by atoms with Crippen molar-refractivity contribution in [1.82, 2.24) is 25.2 Å². The summed E-state index contributed by atoms with van der Waals surface area (Å²) in [5, 5.41) is 3.32. The monoisotopic (exact) mass is 369 g/mol. The fourth-order valence-electron chi connectivity index (χ4n) is 3.58. The van der Waals surface area contributed by atoms with Gasteiger partial charge in [0.1, 0.15) is 5.82 Å². The topological polar surface area (TPSA) is 91.0 Å². The maximum atomic E-state index is 12.8. The molecule has 1 saturated heterocycles. The van der Waals surface area contributed by atoms with E-state index in [1.165, 1.54) is 0 Å². The van der Waals surface area contributed by atoms with E-state index in [9.17, 15) is 9.59 Å². The van der Waals surface area contributed by atoms with E-state index in [1.807, 2.05) is 17.9 Å². The zero-order chi connectivity index (χ0) is 19.2.